The number of methoxy groups -OCH3 is 1. The van der Waals surface area contributed by atoms with Gasteiger partial charge < -0.3 is 10.1 Å². The first kappa shape index (κ1) is 20.5. The molecule has 0 bridgehead atoms. The number of hydrogen-bond donors (Lipinski definition) is 2. The highest BCUT2D eigenvalue weighted by Gasteiger charge is 2.16. The summed E-state index contributed by atoms with van der Waals surface area (Å²) < 4.78 is 18.0. The first-order valence-corrected chi connectivity index (χ1v) is 8.01. The molecule has 10 heteroatoms. The Kier molecular flexibility index (Phi) is 6.74. The molecule has 0 saturated carbocycles. The third-order valence-corrected chi connectivity index (χ3v) is 3.64. The van der Waals surface area contributed by atoms with Crippen LogP contribution < -0.4 is 15.5 Å². The van der Waals surface area contributed by atoms with Crippen molar-refractivity contribution in [3.63, 3.8) is 0 Å². The van der Waals surface area contributed by atoms with E-state index in [4.69, 9.17) is 4.74 Å². The molecule has 9 nitrogen and oxygen atoms in total. The zero-order valence-corrected chi connectivity index (χ0v) is 15.1. The lowest BCUT2D eigenvalue weighted by Crippen LogP contribution is -2.35. The average Bonchev–Trinajstić information content (AvgIpc) is 2.69. The van der Waals surface area contributed by atoms with Gasteiger partial charge in [0.25, 0.3) is 11.8 Å². The quantitative estimate of drug-likeness (QED) is 0.427. The largest absolute Gasteiger partial charge is 0.490 e. The van der Waals surface area contributed by atoms with E-state index >= 15 is 0 Å². The van der Waals surface area contributed by atoms with E-state index in [0.29, 0.717) is 11.3 Å². The fourth-order valence-corrected chi connectivity index (χ4v) is 2.20. The van der Waals surface area contributed by atoms with E-state index < -0.39 is 22.6 Å². The predicted octanol–water partition coefficient (Wildman–Crippen LogP) is 2.01. The van der Waals surface area contributed by atoms with Gasteiger partial charge in [-0.25, -0.2) is 9.82 Å². The van der Waals surface area contributed by atoms with Crippen LogP contribution in [-0.4, -0.2) is 36.1 Å². The molecule has 0 aliphatic rings. The first-order chi connectivity index (χ1) is 13.3. The smallest absolute Gasteiger partial charge is 0.311 e. The van der Waals surface area contributed by atoms with Crippen LogP contribution in [-0.2, 0) is 4.79 Å². The van der Waals surface area contributed by atoms with Gasteiger partial charge >= 0.3 is 5.69 Å². The molecule has 0 heterocycles. The van der Waals surface area contributed by atoms with E-state index in [1.54, 1.807) is 13.0 Å². The highest BCUT2D eigenvalue weighted by molar-refractivity contribution is 6.00. The molecule has 0 aliphatic carbocycles. The maximum atomic E-state index is 13.1. The molecule has 0 fully saturated rings. The fourth-order valence-electron chi connectivity index (χ4n) is 2.20. The van der Waals surface area contributed by atoms with Crippen molar-refractivity contribution < 1.29 is 23.6 Å². The topological polar surface area (TPSA) is 123 Å². The standard InChI is InChI=1S/C18H17FN4O5/c1-11(12-6-7-16(28-2)15(9-12)23(26)27)21-22-17(24)10-20-18(25)13-4-3-5-14(19)8-13/h3-9H,10H2,1-2H3,(H,20,25)(H,22,24)/b21-11+. The third kappa shape index (κ3) is 5.34. The lowest BCUT2D eigenvalue weighted by atomic mass is 10.1. The van der Waals surface area contributed by atoms with Gasteiger partial charge in [-0.1, -0.05) is 6.07 Å². The summed E-state index contributed by atoms with van der Waals surface area (Å²) >= 11 is 0. The minimum absolute atomic E-state index is 0.0815. The maximum Gasteiger partial charge on any atom is 0.311 e. The van der Waals surface area contributed by atoms with Crippen molar-refractivity contribution in [2.24, 2.45) is 5.10 Å². The van der Waals surface area contributed by atoms with E-state index in [1.807, 2.05) is 0 Å². The van der Waals surface area contributed by atoms with Gasteiger partial charge in [0.1, 0.15) is 5.82 Å². The molecule has 0 unspecified atom stereocenters. The number of hydrogen-bond acceptors (Lipinski definition) is 6. The summed E-state index contributed by atoms with van der Waals surface area (Å²) in [5.41, 5.74) is 2.81. The summed E-state index contributed by atoms with van der Waals surface area (Å²) in [4.78, 5) is 34.1. The van der Waals surface area contributed by atoms with Gasteiger partial charge in [-0.15, -0.1) is 0 Å². The number of nitro benzene ring substituents is 1. The summed E-state index contributed by atoms with van der Waals surface area (Å²) in [6.45, 7) is 1.17. The molecule has 0 atom stereocenters. The van der Waals surface area contributed by atoms with Crippen molar-refractivity contribution in [3.8, 4) is 5.75 Å². The van der Waals surface area contributed by atoms with Gasteiger partial charge in [-0.2, -0.15) is 5.10 Å². The second-order valence-electron chi connectivity index (χ2n) is 5.57. The Morgan fingerprint density at radius 2 is 1.96 bits per heavy atom. The van der Waals surface area contributed by atoms with Crippen LogP contribution in [0.5, 0.6) is 5.75 Å². The lowest BCUT2D eigenvalue weighted by Gasteiger charge is -2.06. The van der Waals surface area contributed by atoms with Crippen LogP contribution in [0.25, 0.3) is 0 Å². The Balaban J connectivity index is 1.97. The third-order valence-electron chi connectivity index (χ3n) is 3.64. The molecule has 2 aromatic carbocycles. The molecule has 2 amide bonds. The van der Waals surface area contributed by atoms with E-state index in [9.17, 15) is 24.1 Å². The fraction of sp³-hybridized carbons (Fsp3) is 0.167. The number of rotatable bonds is 7. The molecule has 0 saturated heterocycles. The number of ether oxygens (including phenoxy) is 1. The van der Waals surface area contributed by atoms with Crippen molar-refractivity contribution in [2.45, 2.75) is 6.92 Å². The Bertz CT molecular complexity index is 945. The second-order valence-corrected chi connectivity index (χ2v) is 5.57. The van der Waals surface area contributed by atoms with Crippen LogP contribution in [0.15, 0.2) is 47.6 Å². The number of carbonyl (C=O) groups excluding carboxylic acids is 2. The number of hydrazone groups is 1. The Morgan fingerprint density at radius 1 is 1.21 bits per heavy atom. The average molecular weight is 388 g/mol. The zero-order valence-electron chi connectivity index (χ0n) is 15.1. The van der Waals surface area contributed by atoms with Gasteiger partial charge in [-0.05, 0) is 37.3 Å². The Labute approximate surface area is 159 Å². The van der Waals surface area contributed by atoms with Crippen molar-refractivity contribution in [1.82, 2.24) is 10.7 Å². The van der Waals surface area contributed by atoms with Gasteiger partial charge in [-0.3, -0.25) is 19.7 Å². The maximum absolute atomic E-state index is 13.1. The SMILES string of the molecule is COc1ccc(/C(C)=N/NC(=O)CNC(=O)c2cccc(F)c2)cc1[N+](=O)[O-]. The van der Waals surface area contributed by atoms with Gasteiger partial charge in [0.15, 0.2) is 5.75 Å². The minimum Gasteiger partial charge on any atom is -0.490 e. The van der Waals surface area contributed by atoms with Gasteiger partial charge in [0.05, 0.1) is 24.3 Å². The predicted molar refractivity (Wildman–Crippen MR) is 98.7 cm³/mol. The molecular weight excluding hydrogens is 371 g/mol. The monoisotopic (exact) mass is 388 g/mol. The number of nitrogens with one attached hydrogen (secondary N) is 2. The first-order valence-electron chi connectivity index (χ1n) is 8.01. The van der Waals surface area contributed by atoms with Crippen molar-refractivity contribution in [2.75, 3.05) is 13.7 Å². The zero-order chi connectivity index (χ0) is 20.7. The summed E-state index contributed by atoms with van der Waals surface area (Å²) in [5.74, 6) is -1.69. The molecule has 2 N–H and O–H groups in total. The van der Waals surface area contributed by atoms with Crippen LogP contribution in [0.1, 0.15) is 22.8 Å². The molecular formula is C18H17FN4O5. The van der Waals surface area contributed by atoms with Crippen molar-refractivity contribution in [1.29, 1.82) is 0 Å². The molecule has 0 spiro atoms. The summed E-state index contributed by atoms with van der Waals surface area (Å²) in [6, 6.07) is 9.30. The summed E-state index contributed by atoms with van der Waals surface area (Å²) in [7, 11) is 1.32. The number of benzene rings is 2. The number of nitrogens with zero attached hydrogens (tertiary/aromatic N) is 2. The molecule has 0 aromatic heterocycles. The highest BCUT2D eigenvalue weighted by Crippen LogP contribution is 2.27. The number of halogens is 1. The highest BCUT2D eigenvalue weighted by atomic mass is 19.1. The van der Waals surface area contributed by atoms with E-state index in [0.717, 1.165) is 6.07 Å². The molecule has 2 rings (SSSR count). The van der Waals surface area contributed by atoms with Gasteiger partial charge in [0, 0.05) is 17.2 Å². The minimum atomic E-state index is -0.618. The van der Waals surface area contributed by atoms with E-state index in [1.165, 1.54) is 37.4 Å². The molecule has 0 radical (unpaired) electrons. The number of amides is 2. The lowest BCUT2D eigenvalue weighted by molar-refractivity contribution is -0.385. The summed E-state index contributed by atoms with van der Waals surface area (Å²) in [5, 5.41) is 17.3. The number of nitro groups is 1. The van der Waals surface area contributed by atoms with Gasteiger partial charge in [0.2, 0.25) is 0 Å². The molecule has 2 aromatic rings. The van der Waals surface area contributed by atoms with E-state index in [-0.39, 0.29) is 23.5 Å². The van der Waals surface area contributed by atoms with Crippen LogP contribution in [0, 0.1) is 15.9 Å². The Hall–Kier alpha value is -3.82. The van der Waals surface area contributed by atoms with Crippen LogP contribution >= 0.6 is 0 Å². The van der Waals surface area contributed by atoms with Crippen LogP contribution in [0.3, 0.4) is 0 Å². The van der Waals surface area contributed by atoms with Crippen molar-refractivity contribution >= 4 is 23.2 Å². The second kappa shape index (κ2) is 9.21. The Morgan fingerprint density at radius 3 is 2.61 bits per heavy atom. The molecule has 28 heavy (non-hydrogen) atoms. The molecule has 0 aliphatic heterocycles. The van der Waals surface area contributed by atoms with Crippen LogP contribution in [0.2, 0.25) is 0 Å². The normalized spacial score (nSPS) is 10.9. The van der Waals surface area contributed by atoms with E-state index in [2.05, 4.69) is 15.8 Å². The summed E-state index contributed by atoms with van der Waals surface area (Å²) in [6.07, 6.45) is 0. The number of carbonyl (C=O) groups is 2. The van der Waals surface area contributed by atoms with Crippen molar-refractivity contribution in [3.05, 3.63) is 69.5 Å². The van der Waals surface area contributed by atoms with Crippen LogP contribution in [0.4, 0.5) is 10.1 Å². The molecule has 146 valence electrons.